The summed E-state index contributed by atoms with van der Waals surface area (Å²) in [6.45, 7) is 4.98. The van der Waals surface area contributed by atoms with Gasteiger partial charge in [0, 0.05) is 55.5 Å². The number of aromatic amines is 2. The van der Waals surface area contributed by atoms with Gasteiger partial charge in [0.15, 0.2) is 23.2 Å². The highest BCUT2D eigenvalue weighted by Gasteiger charge is 2.21. The van der Waals surface area contributed by atoms with Crippen LogP contribution in [-0.4, -0.2) is 63.3 Å². The van der Waals surface area contributed by atoms with Gasteiger partial charge in [-0.05, 0) is 25.6 Å². The molecule has 0 bridgehead atoms. The monoisotopic (exact) mass is 516 g/mol. The Hall–Kier alpha value is -4.51. The first-order valence-corrected chi connectivity index (χ1v) is 12.3. The van der Waals surface area contributed by atoms with E-state index < -0.39 is 11.6 Å². The Labute approximate surface area is 217 Å². The van der Waals surface area contributed by atoms with E-state index in [1.54, 1.807) is 13.0 Å². The Morgan fingerprint density at radius 1 is 0.947 bits per heavy atom. The highest BCUT2D eigenvalue weighted by atomic mass is 19.1. The minimum Gasteiger partial charge on any atom is -0.421 e. The fraction of sp³-hybridized carbons (Fsp3) is 0.222. The van der Waals surface area contributed by atoms with E-state index in [0.29, 0.717) is 23.1 Å². The van der Waals surface area contributed by atoms with Gasteiger partial charge in [0.25, 0.3) is 0 Å². The summed E-state index contributed by atoms with van der Waals surface area (Å²) in [4.78, 5) is 16.1. The van der Waals surface area contributed by atoms with Crippen molar-refractivity contribution >= 4 is 28.4 Å². The van der Waals surface area contributed by atoms with Gasteiger partial charge in [-0.15, -0.1) is 0 Å². The molecular weight excluding hydrogens is 490 g/mol. The van der Waals surface area contributed by atoms with Gasteiger partial charge in [-0.3, -0.25) is 5.10 Å². The van der Waals surface area contributed by atoms with Crippen LogP contribution in [0.3, 0.4) is 0 Å². The van der Waals surface area contributed by atoms with Gasteiger partial charge in [0.05, 0.1) is 11.2 Å². The van der Waals surface area contributed by atoms with Crippen molar-refractivity contribution in [1.29, 1.82) is 0 Å². The summed E-state index contributed by atoms with van der Waals surface area (Å²) in [5.74, 6) is -0.0315. The van der Waals surface area contributed by atoms with Crippen molar-refractivity contribution in [1.82, 2.24) is 30.0 Å². The van der Waals surface area contributed by atoms with Gasteiger partial charge in [0.1, 0.15) is 11.6 Å². The molecule has 1 aliphatic rings. The second-order valence-electron chi connectivity index (χ2n) is 9.36. The molecule has 3 N–H and O–H groups in total. The number of aromatic nitrogens is 5. The Balaban J connectivity index is 1.34. The molecule has 0 aliphatic carbocycles. The third-order valence-electron chi connectivity index (χ3n) is 6.54. The van der Waals surface area contributed by atoms with E-state index in [2.05, 4.69) is 47.3 Å². The Kier molecular flexibility index (Phi) is 6.12. The smallest absolute Gasteiger partial charge is 0.326 e. The summed E-state index contributed by atoms with van der Waals surface area (Å²) in [5.41, 5.74) is 2.56. The summed E-state index contributed by atoms with van der Waals surface area (Å²) in [7, 11) is 2.07. The molecule has 1 fully saturated rings. The van der Waals surface area contributed by atoms with Crippen molar-refractivity contribution in [3.05, 3.63) is 71.9 Å². The molecule has 0 unspecified atom stereocenters. The van der Waals surface area contributed by atoms with Crippen molar-refractivity contribution in [2.75, 3.05) is 43.4 Å². The van der Waals surface area contributed by atoms with Crippen LogP contribution in [0.15, 0.2) is 54.6 Å². The quantitative estimate of drug-likeness (QED) is 0.285. The first-order chi connectivity index (χ1) is 18.4. The lowest BCUT2D eigenvalue weighted by Crippen LogP contribution is -2.44. The number of piperazine rings is 1. The molecule has 194 valence electrons. The van der Waals surface area contributed by atoms with Crippen LogP contribution in [0.2, 0.25) is 0 Å². The maximum Gasteiger partial charge on any atom is 0.326 e. The number of hydrogen-bond donors (Lipinski definition) is 3. The van der Waals surface area contributed by atoms with E-state index >= 15 is 4.39 Å². The first kappa shape index (κ1) is 23.9. The van der Waals surface area contributed by atoms with Gasteiger partial charge in [-0.1, -0.05) is 30.3 Å². The molecule has 1 saturated heterocycles. The van der Waals surface area contributed by atoms with Crippen LogP contribution in [0.4, 0.5) is 26.2 Å². The number of nitrogens with zero attached hydrogens (tertiary/aromatic N) is 5. The molecular formula is C27H26F2N8O. The SMILES string of the molecule is Cc1cc2c(F)c(Oc3nc(Nc4cc(-c5ccccc5)[nH]n4)cc(N4CCN(C)CC4)n3)cc(F)c2[nH]1. The van der Waals surface area contributed by atoms with Crippen molar-refractivity contribution in [3.63, 3.8) is 0 Å². The molecule has 0 saturated carbocycles. The average molecular weight is 517 g/mol. The largest absolute Gasteiger partial charge is 0.421 e. The number of fused-ring (bicyclic) bond motifs is 1. The summed E-state index contributed by atoms with van der Waals surface area (Å²) >= 11 is 0. The van der Waals surface area contributed by atoms with E-state index in [9.17, 15) is 4.39 Å². The zero-order valence-corrected chi connectivity index (χ0v) is 20.9. The van der Waals surface area contributed by atoms with Crippen LogP contribution in [0.25, 0.3) is 22.2 Å². The Morgan fingerprint density at radius 2 is 1.74 bits per heavy atom. The number of aryl methyl sites for hydroxylation is 1. The summed E-state index contributed by atoms with van der Waals surface area (Å²) in [6.07, 6.45) is 0. The molecule has 2 aromatic carbocycles. The summed E-state index contributed by atoms with van der Waals surface area (Å²) in [6, 6.07) is 15.9. The Bertz CT molecular complexity index is 1590. The van der Waals surface area contributed by atoms with Crippen molar-refractivity contribution in [2.24, 2.45) is 0 Å². The predicted octanol–water partition coefficient (Wildman–Crippen LogP) is 5.22. The van der Waals surface area contributed by atoms with Crippen molar-refractivity contribution in [3.8, 4) is 23.0 Å². The van der Waals surface area contributed by atoms with E-state index in [1.165, 1.54) is 6.07 Å². The van der Waals surface area contributed by atoms with Crippen molar-refractivity contribution in [2.45, 2.75) is 6.92 Å². The van der Waals surface area contributed by atoms with Crippen LogP contribution in [0, 0.1) is 18.6 Å². The third kappa shape index (κ3) is 4.75. The van der Waals surface area contributed by atoms with Gasteiger partial charge in [-0.25, -0.2) is 8.78 Å². The fourth-order valence-electron chi connectivity index (χ4n) is 4.51. The number of benzene rings is 2. The topological polar surface area (TPSA) is 98.0 Å². The molecule has 0 spiro atoms. The molecule has 5 aromatic rings. The van der Waals surface area contributed by atoms with Crippen LogP contribution in [-0.2, 0) is 0 Å². The van der Waals surface area contributed by atoms with Crippen LogP contribution in [0.1, 0.15) is 5.69 Å². The van der Waals surface area contributed by atoms with Gasteiger partial charge in [0.2, 0.25) is 0 Å². The first-order valence-electron chi connectivity index (χ1n) is 12.3. The summed E-state index contributed by atoms with van der Waals surface area (Å²) in [5, 5.41) is 10.7. The molecule has 6 rings (SSSR count). The number of likely N-dealkylation sites (N-methyl/N-ethyl adjacent to an activating group) is 1. The second kappa shape index (κ2) is 9.75. The number of anilines is 3. The van der Waals surface area contributed by atoms with Crippen LogP contribution >= 0.6 is 0 Å². The number of H-pyrrole nitrogens is 2. The maximum absolute atomic E-state index is 15.2. The molecule has 0 amide bonds. The highest BCUT2D eigenvalue weighted by molar-refractivity contribution is 5.83. The molecule has 4 heterocycles. The van der Waals surface area contributed by atoms with Crippen LogP contribution in [0.5, 0.6) is 11.8 Å². The normalized spacial score (nSPS) is 14.3. The molecule has 9 nitrogen and oxygen atoms in total. The number of rotatable bonds is 6. The number of ether oxygens (including phenoxy) is 1. The van der Waals surface area contributed by atoms with Gasteiger partial charge >= 0.3 is 6.01 Å². The lowest BCUT2D eigenvalue weighted by Gasteiger charge is -2.33. The standard InChI is InChI=1S/C27H26F2N8O/c1-16-12-18-25(29)21(13-19(28)26(18)30-16)38-27-32-22(15-24(33-27)37-10-8-36(2)9-11-37)31-23-14-20(34-35-23)17-6-4-3-5-7-17/h3-7,12-15,30H,8-11H2,1-2H3,(H2,31,32,33,34,35). The predicted molar refractivity (Wildman–Crippen MR) is 142 cm³/mol. The van der Waals surface area contributed by atoms with E-state index in [-0.39, 0.29) is 22.7 Å². The minimum absolute atomic E-state index is 0.0922. The molecule has 1 aliphatic heterocycles. The third-order valence-corrected chi connectivity index (χ3v) is 6.54. The zero-order valence-electron chi connectivity index (χ0n) is 20.9. The Morgan fingerprint density at radius 3 is 2.53 bits per heavy atom. The van der Waals surface area contributed by atoms with Crippen molar-refractivity contribution < 1.29 is 13.5 Å². The molecule has 0 radical (unpaired) electrons. The number of halogens is 2. The van der Waals surface area contributed by atoms with Gasteiger partial charge in [-0.2, -0.15) is 15.1 Å². The highest BCUT2D eigenvalue weighted by Crippen LogP contribution is 2.33. The van der Waals surface area contributed by atoms with E-state index in [1.807, 2.05) is 36.4 Å². The van der Waals surface area contributed by atoms with Crippen LogP contribution < -0.4 is 15.0 Å². The molecule has 0 atom stereocenters. The van der Waals surface area contributed by atoms with E-state index in [0.717, 1.165) is 43.5 Å². The zero-order chi connectivity index (χ0) is 26.2. The molecule has 11 heteroatoms. The number of hydrogen-bond acceptors (Lipinski definition) is 7. The average Bonchev–Trinajstić information content (AvgIpc) is 3.55. The lowest BCUT2D eigenvalue weighted by molar-refractivity contribution is 0.311. The summed E-state index contributed by atoms with van der Waals surface area (Å²) < 4.78 is 35.7. The second-order valence-corrected chi connectivity index (χ2v) is 9.36. The maximum atomic E-state index is 15.2. The molecule has 38 heavy (non-hydrogen) atoms. The fourth-order valence-corrected chi connectivity index (χ4v) is 4.51. The lowest BCUT2D eigenvalue weighted by atomic mass is 10.2. The number of nitrogens with one attached hydrogen (secondary N) is 3. The molecule has 3 aromatic heterocycles. The van der Waals surface area contributed by atoms with Gasteiger partial charge < -0.3 is 24.8 Å². The van der Waals surface area contributed by atoms with E-state index in [4.69, 9.17) is 4.74 Å². The minimum atomic E-state index is -0.686.